The second-order valence-corrected chi connectivity index (χ2v) is 4.94. The molecule has 0 aliphatic rings. The van der Waals surface area contributed by atoms with Gasteiger partial charge in [-0.25, -0.2) is 0 Å². The van der Waals surface area contributed by atoms with Gasteiger partial charge < -0.3 is 15.6 Å². The normalized spacial score (nSPS) is 12.3. The Kier molecular flexibility index (Phi) is 4.20. The van der Waals surface area contributed by atoms with Crippen molar-refractivity contribution in [2.45, 2.75) is 19.9 Å². The Balaban J connectivity index is 2.22. The topological polar surface area (TPSA) is 78.6 Å². The van der Waals surface area contributed by atoms with E-state index in [1.807, 2.05) is 38.1 Å². The summed E-state index contributed by atoms with van der Waals surface area (Å²) in [5.74, 6) is -0.0378. The molecule has 0 aliphatic carbocycles. The fourth-order valence-corrected chi connectivity index (χ4v) is 2.31. The van der Waals surface area contributed by atoms with Gasteiger partial charge in [0.05, 0.1) is 5.56 Å². The molecule has 1 atom stereocenters. The van der Waals surface area contributed by atoms with Crippen LogP contribution in [0.3, 0.4) is 0 Å². The molecule has 0 saturated carbocycles. The number of quaternary nitrogens is 1. The van der Waals surface area contributed by atoms with Gasteiger partial charge in [-0.3, -0.25) is 9.59 Å². The van der Waals surface area contributed by atoms with Crippen molar-refractivity contribution in [3.8, 4) is 0 Å². The SMILES string of the molecule is CNC(=O)C[NH2+][C@H](C)C(=O)c1c(C)[nH]c2ccccc12. The molecule has 0 fully saturated rings. The van der Waals surface area contributed by atoms with Crippen LogP contribution in [0.15, 0.2) is 24.3 Å². The smallest absolute Gasteiger partial charge is 0.274 e. The number of amides is 1. The molecule has 0 aliphatic heterocycles. The standard InChI is InChI=1S/C15H19N3O2/c1-9-14(11-6-4-5-7-12(11)18-9)15(20)10(2)17-8-13(19)16-3/h4-7,10,17-18H,8H2,1-3H3,(H,16,19)/p+1/t10-/m1/s1. The maximum Gasteiger partial charge on any atom is 0.274 e. The Bertz CT molecular complexity index is 646. The van der Waals surface area contributed by atoms with Crippen LogP contribution in [-0.4, -0.2) is 36.3 Å². The van der Waals surface area contributed by atoms with Crippen molar-refractivity contribution in [3.63, 3.8) is 0 Å². The predicted molar refractivity (Wildman–Crippen MR) is 77.7 cm³/mol. The molecule has 0 radical (unpaired) electrons. The highest BCUT2D eigenvalue weighted by Crippen LogP contribution is 2.22. The number of rotatable bonds is 5. The van der Waals surface area contributed by atoms with Crippen LogP contribution in [0.4, 0.5) is 0 Å². The maximum atomic E-state index is 12.6. The number of aromatic nitrogens is 1. The van der Waals surface area contributed by atoms with Crippen molar-refractivity contribution in [2.24, 2.45) is 0 Å². The number of nitrogens with one attached hydrogen (secondary N) is 2. The first-order valence-corrected chi connectivity index (χ1v) is 6.70. The van der Waals surface area contributed by atoms with Crippen LogP contribution in [0.25, 0.3) is 10.9 Å². The number of fused-ring (bicyclic) bond motifs is 1. The van der Waals surface area contributed by atoms with Crippen LogP contribution in [0.2, 0.25) is 0 Å². The molecule has 4 N–H and O–H groups in total. The number of benzene rings is 1. The highest BCUT2D eigenvalue weighted by Gasteiger charge is 2.24. The van der Waals surface area contributed by atoms with Gasteiger partial charge in [0.15, 0.2) is 6.54 Å². The van der Waals surface area contributed by atoms with Crippen LogP contribution < -0.4 is 10.6 Å². The Morgan fingerprint density at radius 1 is 1.35 bits per heavy atom. The largest absolute Gasteiger partial charge is 0.358 e. The molecule has 1 heterocycles. The number of nitrogens with two attached hydrogens (primary N) is 1. The first-order valence-electron chi connectivity index (χ1n) is 6.70. The second-order valence-electron chi connectivity index (χ2n) is 4.94. The van der Waals surface area contributed by atoms with Crippen molar-refractivity contribution < 1.29 is 14.9 Å². The number of hydrogen-bond acceptors (Lipinski definition) is 2. The van der Waals surface area contributed by atoms with Crippen LogP contribution in [0.5, 0.6) is 0 Å². The van der Waals surface area contributed by atoms with E-state index in [9.17, 15) is 9.59 Å². The Labute approximate surface area is 117 Å². The summed E-state index contributed by atoms with van der Waals surface area (Å²) >= 11 is 0. The van der Waals surface area contributed by atoms with E-state index >= 15 is 0 Å². The van der Waals surface area contributed by atoms with Crippen LogP contribution >= 0.6 is 0 Å². The summed E-state index contributed by atoms with van der Waals surface area (Å²) in [6.07, 6.45) is 0. The van der Waals surface area contributed by atoms with E-state index in [0.29, 0.717) is 0 Å². The van der Waals surface area contributed by atoms with Gasteiger partial charge in [-0.2, -0.15) is 0 Å². The molecule has 5 nitrogen and oxygen atoms in total. The lowest BCUT2D eigenvalue weighted by Crippen LogP contribution is -2.92. The zero-order chi connectivity index (χ0) is 14.7. The zero-order valence-corrected chi connectivity index (χ0v) is 12.0. The number of Topliss-reactive ketones (excluding diaryl/α,β-unsaturated/α-hetero) is 1. The molecule has 106 valence electrons. The zero-order valence-electron chi connectivity index (χ0n) is 12.0. The molecule has 1 aromatic heterocycles. The minimum absolute atomic E-state index is 0.0452. The van der Waals surface area contributed by atoms with E-state index in [-0.39, 0.29) is 24.3 Å². The molecule has 5 heteroatoms. The van der Waals surface area contributed by atoms with Gasteiger partial charge >= 0.3 is 0 Å². The van der Waals surface area contributed by atoms with Gasteiger partial charge in [-0.1, -0.05) is 18.2 Å². The summed E-state index contributed by atoms with van der Waals surface area (Å²) in [7, 11) is 1.59. The Hall–Kier alpha value is -2.14. The summed E-state index contributed by atoms with van der Waals surface area (Å²) in [4.78, 5) is 27.0. The van der Waals surface area contributed by atoms with E-state index in [1.165, 1.54) is 0 Å². The minimum atomic E-state index is -0.287. The number of ketones is 1. The third-order valence-electron chi connectivity index (χ3n) is 3.49. The van der Waals surface area contributed by atoms with E-state index < -0.39 is 0 Å². The van der Waals surface area contributed by atoms with Crippen LogP contribution in [-0.2, 0) is 4.79 Å². The number of H-pyrrole nitrogens is 1. The van der Waals surface area contributed by atoms with E-state index in [0.717, 1.165) is 22.2 Å². The van der Waals surface area contributed by atoms with E-state index in [4.69, 9.17) is 0 Å². The minimum Gasteiger partial charge on any atom is -0.358 e. The van der Waals surface area contributed by atoms with Crippen molar-refractivity contribution in [3.05, 3.63) is 35.5 Å². The van der Waals surface area contributed by atoms with Gasteiger partial charge in [0.2, 0.25) is 5.78 Å². The molecule has 20 heavy (non-hydrogen) atoms. The molecule has 2 aromatic rings. The first kappa shape index (κ1) is 14.3. The lowest BCUT2D eigenvalue weighted by atomic mass is 10.0. The van der Waals surface area contributed by atoms with Gasteiger partial charge in [0.25, 0.3) is 5.91 Å². The summed E-state index contributed by atoms with van der Waals surface area (Å²) in [6.45, 7) is 3.98. The van der Waals surface area contributed by atoms with E-state index in [1.54, 1.807) is 12.4 Å². The lowest BCUT2D eigenvalue weighted by molar-refractivity contribution is -0.661. The fourth-order valence-electron chi connectivity index (χ4n) is 2.31. The van der Waals surface area contributed by atoms with Gasteiger partial charge in [-0.15, -0.1) is 0 Å². The lowest BCUT2D eigenvalue weighted by Gasteiger charge is -2.09. The third kappa shape index (κ3) is 2.72. The molecule has 2 rings (SSSR count). The Morgan fingerprint density at radius 3 is 2.75 bits per heavy atom. The Morgan fingerprint density at radius 2 is 2.05 bits per heavy atom. The highest BCUT2D eigenvalue weighted by atomic mass is 16.2. The highest BCUT2D eigenvalue weighted by molar-refractivity contribution is 6.10. The van der Waals surface area contributed by atoms with Crippen LogP contribution in [0.1, 0.15) is 23.0 Å². The number of carbonyl (C=O) groups excluding carboxylic acids is 2. The number of aryl methyl sites for hydroxylation is 1. The monoisotopic (exact) mass is 274 g/mol. The summed E-state index contributed by atoms with van der Waals surface area (Å²) in [5.41, 5.74) is 2.56. The second kappa shape index (κ2) is 5.88. The molecule has 0 spiro atoms. The maximum absolute atomic E-state index is 12.6. The number of aromatic amines is 1. The van der Waals surface area contributed by atoms with Gasteiger partial charge in [-0.05, 0) is 19.9 Å². The van der Waals surface area contributed by atoms with Crippen molar-refractivity contribution in [1.82, 2.24) is 10.3 Å². The van der Waals surface area contributed by atoms with Gasteiger partial charge in [0, 0.05) is 23.6 Å². The molecule has 1 amide bonds. The number of carbonyl (C=O) groups is 2. The fraction of sp³-hybridized carbons (Fsp3) is 0.333. The average molecular weight is 274 g/mol. The first-order chi connectivity index (χ1) is 9.54. The number of likely N-dealkylation sites (N-methyl/N-ethyl adjacent to an activating group) is 1. The van der Waals surface area contributed by atoms with Crippen LogP contribution in [0, 0.1) is 6.92 Å². The predicted octanol–water partition coefficient (Wildman–Crippen LogP) is 0.357. The van der Waals surface area contributed by atoms with Crippen molar-refractivity contribution >= 4 is 22.6 Å². The van der Waals surface area contributed by atoms with Crippen molar-refractivity contribution in [1.29, 1.82) is 0 Å². The summed E-state index contributed by atoms with van der Waals surface area (Å²) in [5, 5.41) is 5.24. The number of para-hydroxylation sites is 1. The van der Waals surface area contributed by atoms with Crippen molar-refractivity contribution in [2.75, 3.05) is 13.6 Å². The summed E-state index contributed by atoms with van der Waals surface area (Å²) < 4.78 is 0. The average Bonchev–Trinajstić information content (AvgIpc) is 2.79. The van der Waals surface area contributed by atoms with Gasteiger partial charge in [0.1, 0.15) is 6.04 Å². The molecule has 0 bridgehead atoms. The third-order valence-corrected chi connectivity index (χ3v) is 3.49. The molecule has 1 aromatic carbocycles. The number of hydrogen-bond donors (Lipinski definition) is 3. The van der Waals surface area contributed by atoms with E-state index in [2.05, 4.69) is 10.3 Å². The molecule has 0 saturated heterocycles. The quantitative estimate of drug-likeness (QED) is 0.688. The summed E-state index contributed by atoms with van der Waals surface area (Å²) in [6, 6.07) is 7.47. The molecule has 0 unspecified atom stereocenters. The molecular formula is C15H20N3O2+. The molecular weight excluding hydrogens is 254 g/mol.